The predicted octanol–water partition coefficient (Wildman–Crippen LogP) is 2.13. The van der Waals surface area contributed by atoms with E-state index in [4.69, 9.17) is 15.2 Å². The van der Waals surface area contributed by atoms with E-state index in [0.717, 1.165) is 25.0 Å². The van der Waals surface area contributed by atoms with Gasteiger partial charge in [0.2, 0.25) is 0 Å². The van der Waals surface area contributed by atoms with Gasteiger partial charge in [-0.2, -0.15) is 0 Å². The Balaban J connectivity index is 1.97. The number of esters is 1. The maximum Gasteiger partial charge on any atom is 0.341 e. The highest BCUT2D eigenvalue weighted by molar-refractivity contribution is 5.90. The molecule has 2 rings (SSSR count). The van der Waals surface area contributed by atoms with Gasteiger partial charge < -0.3 is 15.2 Å². The van der Waals surface area contributed by atoms with Crippen LogP contribution in [0.5, 0.6) is 0 Å². The minimum absolute atomic E-state index is 0.188. The van der Waals surface area contributed by atoms with E-state index in [1.54, 1.807) is 0 Å². The van der Waals surface area contributed by atoms with Gasteiger partial charge in [0, 0.05) is 19.3 Å². The Kier molecular flexibility index (Phi) is 4.31. The van der Waals surface area contributed by atoms with Crippen LogP contribution in [0, 0.1) is 17.6 Å². The number of nitrogen functional groups attached to an aromatic ring is 1. The molecule has 0 amide bonds. The van der Waals surface area contributed by atoms with Crippen molar-refractivity contribution >= 4 is 11.7 Å². The molecule has 1 aliphatic heterocycles. The topological polar surface area (TPSA) is 61.6 Å². The number of carbonyl (C=O) groups excluding carboxylic acids is 1. The molecule has 1 heterocycles. The number of hydrogen-bond donors (Lipinski definition) is 1. The molecule has 0 spiro atoms. The summed E-state index contributed by atoms with van der Waals surface area (Å²) in [5.74, 6) is -2.38. The zero-order valence-electron chi connectivity index (χ0n) is 10.3. The van der Waals surface area contributed by atoms with Crippen molar-refractivity contribution in [1.29, 1.82) is 0 Å². The molecule has 1 aliphatic rings. The first-order valence-electron chi connectivity index (χ1n) is 6.07. The fourth-order valence-corrected chi connectivity index (χ4v) is 1.90. The van der Waals surface area contributed by atoms with Gasteiger partial charge >= 0.3 is 5.97 Å². The fourth-order valence-electron chi connectivity index (χ4n) is 1.90. The monoisotopic (exact) mass is 271 g/mol. The van der Waals surface area contributed by atoms with Crippen molar-refractivity contribution in [1.82, 2.24) is 0 Å². The summed E-state index contributed by atoms with van der Waals surface area (Å²) < 4.78 is 36.9. The molecule has 104 valence electrons. The van der Waals surface area contributed by atoms with Crippen molar-refractivity contribution < 1.29 is 23.0 Å². The summed E-state index contributed by atoms with van der Waals surface area (Å²) in [6.07, 6.45) is 1.59. The van der Waals surface area contributed by atoms with Crippen LogP contribution in [0.3, 0.4) is 0 Å². The molecule has 0 unspecified atom stereocenters. The van der Waals surface area contributed by atoms with Gasteiger partial charge in [-0.3, -0.25) is 0 Å². The molecule has 0 atom stereocenters. The first-order valence-corrected chi connectivity index (χ1v) is 6.07. The molecule has 0 aliphatic carbocycles. The molecule has 0 saturated carbocycles. The molecular formula is C13H15F2NO3. The van der Waals surface area contributed by atoms with Crippen LogP contribution in [0.1, 0.15) is 23.2 Å². The largest absolute Gasteiger partial charge is 0.462 e. The summed E-state index contributed by atoms with van der Waals surface area (Å²) in [4.78, 5) is 11.7. The highest BCUT2D eigenvalue weighted by Gasteiger charge is 2.20. The number of carbonyl (C=O) groups is 1. The average Bonchev–Trinajstić information content (AvgIpc) is 2.41. The second kappa shape index (κ2) is 5.97. The lowest BCUT2D eigenvalue weighted by atomic mass is 10.0. The summed E-state index contributed by atoms with van der Waals surface area (Å²) in [6, 6.07) is 1.54. The molecule has 1 aromatic carbocycles. The summed E-state index contributed by atoms with van der Waals surface area (Å²) in [5.41, 5.74) is 4.43. The van der Waals surface area contributed by atoms with Crippen LogP contribution in [0.25, 0.3) is 0 Å². The molecule has 2 N–H and O–H groups in total. The molecule has 1 aromatic rings. The highest BCUT2D eigenvalue weighted by atomic mass is 19.1. The third-order valence-corrected chi connectivity index (χ3v) is 3.10. The molecule has 6 heteroatoms. The number of nitrogens with two attached hydrogens (primary N) is 1. The number of ether oxygens (including phenoxy) is 2. The summed E-state index contributed by atoms with van der Waals surface area (Å²) >= 11 is 0. The molecule has 1 fully saturated rings. The van der Waals surface area contributed by atoms with Gasteiger partial charge in [-0.1, -0.05) is 0 Å². The zero-order chi connectivity index (χ0) is 13.8. The van der Waals surface area contributed by atoms with Gasteiger partial charge in [0.15, 0.2) is 0 Å². The van der Waals surface area contributed by atoms with E-state index in [9.17, 15) is 13.6 Å². The van der Waals surface area contributed by atoms with Gasteiger partial charge in [0.05, 0.1) is 17.9 Å². The van der Waals surface area contributed by atoms with Crippen LogP contribution in [-0.2, 0) is 9.47 Å². The number of halogens is 2. The highest BCUT2D eigenvalue weighted by Crippen LogP contribution is 2.19. The van der Waals surface area contributed by atoms with Gasteiger partial charge in [-0.15, -0.1) is 0 Å². The maximum atomic E-state index is 13.5. The maximum absolute atomic E-state index is 13.5. The van der Waals surface area contributed by atoms with Crippen molar-refractivity contribution in [2.24, 2.45) is 5.92 Å². The quantitative estimate of drug-likeness (QED) is 0.675. The Labute approximate surface area is 109 Å². The molecule has 19 heavy (non-hydrogen) atoms. The summed E-state index contributed by atoms with van der Waals surface area (Å²) in [5, 5.41) is 0. The Morgan fingerprint density at radius 2 is 2.00 bits per heavy atom. The van der Waals surface area contributed by atoms with Crippen molar-refractivity contribution in [2.75, 3.05) is 25.6 Å². The average molecular weight is 271 g/mol. The van der Waals surface area contributed by atoms with E-state index in [-0.39, 0.29) is 18.2 Å². The molecule has 0 bridgehead atoms. The smallest absolute Gasteiger partial charge is 0.341 e. The second-order valence-electron chi connectivity index (χ2n) is 4.51. The Hall–Kier alpha value is -1.69. The van der Waals surface area contributed by atoms with E-state index in [1.165, 1.54) is 0 Å². The van der Waals surface area contributed by atoms with Crippen LogP contribution in [0.2, 0.25) is 0 Å². The van der Waals surface area contributed by atoms with Crippen LogP contribution >= 0.6 is 0 Å². The van der Waals surface area contributed by atoms with Crippen LogP contribution in [0.4, 0.5) is 14.5 Å². The van der Waals surface area contributed by atoms with Gasteiger partial charge in [0.1, 0.15) is 11.6 Å². The first-order chi connectivity index (χ1) is 9.08. The Morgan fingerprint density at radius 3 is 2.68 bits per heavy atom. The molecular weight excluding hydrogens is 256 g/mol. The Bertz CT molecular complexity index is 473. The van der Waals surface area contributed by atoms with Crippen LogP contribution < -0.4 is 5.73 Å². The van der Waals surface area contributed by atoms with Crippen molar-refractivity contribution in [3.05, 3.63) is 29.3 Å². The summed E-state index contributed by atoms with van der Waals surface area (Å²) in [7, 11) is 0. The van der Waals surface area contributed by atoms with Gasteiger partial charge in [-0.05, 0) is 24.8 Å². The standard InChI is InChI=1S/C13H15F2NO3/c14-10-6-12(16)11(15)5-9(10)13(17)19-7-8-1-3-18-4-2-8/h5-6,8H,1-4,7,16H2. The minimum atomic E-state index is -0.879. The predicted molar refractivity (Wildman–Crippen MR) is 64.6 cm³/mol. The van der Waals surface area contributed by atoms with E-state index in [1.807, 2.05) is 0 Å². The number of anilines is 1. The zero-order valence-corrected chi connectivity index (χ0v) is 10.3. The van der Waals surface area contributed by atoms with Crippen molar-refractivity contribution in [2.45, 2.75) is 12.8 Å². The third-order valence-electron chi connectivity index (χ3n) is 3.10. The van der Waals surface area contributed by atoms with E-state index in [0.29, 0.717) is 13.2 Å². The summed E-state index contributed by atoms with van der Waals surface area (Å²) in [6.45, 7) is 1.45. The van der Waals surface area contributed by atoms with E-state index < -0.39 is 23.2 Å². The van der Waals surface area contributed by atoms with Crippen LogP contribution in [0.15, 0.2) is 12.1 Å². The number of benzene rings is 1. The van der Waals surface area contributed by atoms with Crippen molar-refractivity contribution in [3.8, 4) is 0 Å². The molecule has 1 saturated heterocycles. The Morgan fingerprint density at radius 1 is 1.32 bits per heavy atom. The lowest BCUT2D eigenvalue weighted by Crippen LogP contribution is -2.22. The molecule has 4 nitrogen and oxygen atoms in total. The first kappa shape index (κ1) is 13.7. The second-order valence-corrected chi connectivity index (χ2v) is 4.51. The van der Waals surface area contributed by atoms with Gasteiger partial charge in [-0.25, -0.2) is 13.6 Å². The number of rotatable bonds is 3. The third kappa shape index (κ3) is 3.41. The lowest BCUT2D eigenvalue weighted by molar-refractivity contribution is 0.0182. The van der Waals surface area contributed by atoms with Crippen LogP contribution in [-0.4, -0.2) is 25.8 Å². The van der Waals surface area contributed by atoms with E-state index in [2.05, 4.69) is 0 Å². The lowest BCUT2D eigenvalue weighted by Gasteiger charge is -2.21. The normalized spacial score (nSPS) is 16.3. The van der Waals surface area contributed by atoms with E-state index >= 15 is 0 Å². The number of hydrogen-bond acceptors (Lipinski definition) is 4. The molecule has 0 aromatic heterocycles. The van der Waals surface area contributed by atoms with Crippen molar-refractivity contribution in [3.63, 3.8) is 0 Å². The molecule has 0 radical (unpaired) electrons. The minimum Gasteiger partial charge on any atom is -0.462 e. The fraction of sp³-hybridized carbons (Fsp3) is 0.462. The van der Waals surface area contributed by atoms with Gasteiger partial charge in [0.25, 0.3) is 0 Å². The SMILES string of the molecule is Nc1cc(F)c(C(=O)OCC2CCOCC2)cc1F.